The summed E-state index contributed by atoms with van der Waals surface area (Å²) in [4.78, 5) is 20.8. The minimum absolute atomic E-state index is 0. The molecule has 0 aliphatic heterocycles. The van der Waals surface area contributed by atoms with Crippen molar-refractivity contribution in [2.45, 2.75) is 12.5 Å². The van der Waals surface area contributed by atoms with Crippen molar-refractivity contribution < 1.29 is 14.7 Å². The first kappa shape index (κ1) is 13.7. The first-order chi connectivity index (χ1) is 7.67. The molecule has 0 spiro atoms. The predicted molar refractivity (Wildman–Crippen MR) is 55.1 cm³/mol. The smallest absolute Gasteiger partial charge is 0.323 e. The number of nitrogens with one attached hydrogen (secondary N) is 1. The number of carboxylic acid groups (broad SMARTS) is 1. The van der Waals surface area contributed by atoms with Gasteiger partial charge in [0.25, 0.3) is 0 Å². The molecule has 0 saturated heterocycles. The maximum absolute atomic E-state index is 10.7. The quantitative estimate of drug-likeness (QED) is 0.472. The summed E-state index contributed by atoms with van der Waals surface area (Å²) >= 11 is 0. The summed E-state index contributed by atoms with van der Waals surface area (Å²) in [7, 11) is 0. The molecule has 1 aromatic carbocycles. The number of benzene rings is 1. The number of amides is 1. The average molecular weight is 474 g/mol. The van der Waals surface area contributed by atoms with Crippen LogP contribution in [0.2, 0.25) is 0 Å². The van der Waals surface area contributed by atoms with Crippen molar-refractivity contribution in [1.82, 2.24) is 5.32 Å². The van der Waals surface area contributed by atoms with Crippen LogP contribution in [0.25, 0.3) is 0 Å². The zero-order chi connectivity index (χ0) is 12.0. The van der Waals surface area contributed by atoms with E-state index in [1.807, 2.05) is 6.07 Å². The van der Waals surface area contributed by atoms with E-state index in [0.29, 0.717) is 5.56 Å². The largest absolute Gasteiger partial charge is 0.520 e. The van der Waals surface area contributed by atoms with Crippen LogP contribution in [0.1, 0.15) is 11.1 Å². The van der Waals surface area contributed by atoms with Crippen molar-refractivity contribution in [3.8, 4) is 6.07 Å². The van der Waals surface area contributed by atoms with Gasteiger partial charge in [-0.25, -0.2) is 0 Å². The van der Waals surface area contributed by atoms with E-state index in [9.17, 15) is 9.59 Å². The number of nitriles is 1. The van der Waals surface area contributed by atoms with Gasteiger partial charge in [-0.3, -0.25) is 4.79 Å². The Morgan fingerprint density at radius 1 is 1.47 bits per heavy atom. The molecule has 0 saturated carbocycles. The Balaban J connectivity index is 0.00000256. The fourth-order valence-corrected chi connectivity index (χ4v) is 1.22. The molecular weight excluding hydrogens is 465 g/mol. The van der Waals surface area contributed by atoms with Gasteiger partial charge in [0.1, 0.15) is 6.04 Å². The summed E-state index contributed by atoms with van der Waals surface area (Å²) in [5, 5.41) is 19.4. The second-order valence-electron chi connectivity index (χ2n) is 3.15. The first-order valence-electron chi connectivity index (χ1n) is 4.52. The maximum Gasteiger partial charge on any atom is 0.323 e. The minimum Gasteiger partial charge on any atom is -0.520 e. The molecular formula is C11H9FmN2O3-. The van der Waals surface area contributed by atoms with Crippen LogP contribution >= 0.6 is 0 Å². The number of carbonyl (C=O) groups is 1. The zero-order valence-electron chi connectivity index (χ0n) is 8.59. The molecule has 0 fully saturated rings. The molecule has 1 atom stereocenters. The third-order valence-electron chi connectivity index (χ3n) is 2.05. The number of hydrogen-bond acceptors (Lipinski definition) is 3. The van der Waals surface area contributed by atoms with Gasteiger partial charge in [0.05, 0.1) is 11.6 Å². The van der Waals surface area contributed by atoms with E-state index in [0.717, 1.165) is 5.56 Å². The molecule has 0 radical (unpaired) electrons. The Bertz CT molecular complexity index is 425. The molecule has 0 aliphatic carbocycles. The van der Waals surface area contributed by atoms with Gasteiger partial charge in [-0.15, -0.1) is 0 Å². The second kappa shape index (κ2) is 6.19. The van der Waals surface area contributed by atoms with E-state index < -0.39 is 12.0 Å². The van der Waals surface area contributed by atoms with Crippen molar-refractivity contribution in [3.63, 3.8) is 0 Å². The molecule has 94 valence electrons. The van der Waals surface area contributed by atoms with Crippen LogP contribution < -0.4 is 5.32 Å². The molecule has 1 unspecified atom stereocenters. The van der Waals surface area contributed by atoms with Crippen LogP contribution in [-0.4, -0.2) is 23.5 Å². The van der Waals surface area contributed by atoms with Gasteiger partial charge in [-0.05, 0) is 17.7 Å². The summed E-state index contributed by atoms with van der Waals surface area (Å²) in [6.07, 6.45) is 1.52. The number of nitrogens with zero attached hydrogens (tertiary/aromatic N) is 1. The van der Waals surface area contributed by atoms with Crippen molar-refractivity contribution in [3.05, 3.63) is 35.4 Å². The van der Waals surface area contributed by atoms with Crippen molar-refractivity contribution in [2.24, 2.45) is 0 Å². The van der Waals surface area contributed by atoms with Crippen LogP contribution in [0.3, 0.4) is 0 Å². The van der Waals surface area contributed by atoms with Crippen LogP contribution in [-0.2, 0) is 16.0 Å². The van der Waals surface area contributed by atoms with Gasteiger partial charge < -0.3 is 15.2 Å². The number of carboxylic acids is 1. The van der Waals surface area contributed by atoms with Crippen LogP contribution in [0.4, 0.5) is 0 Å². The van der Waals surface area contributed by atoms with E-state index in [-0.39, 0.29) is 6.42 Å². The van der Waals surface area contributed by atoms with E-state index >= 15 is 0 Å². The summed E-state index contributed by atoms with van der Waals surface area (Å²) < 4.78 is 0. The van der Waals surface area contributed by atoms with Crippen molar-refractivity contribution in [1.29, 1.82) is 5.26 Å². The van der Waals surface area contributed by atoms with E-state index in [4.69, 9.17) is 10.4 Å². The van der Waals surface area contributed by atoms with Crippen LogP contribution in [0.5, 0.6) is 0 Å². The summed E-state index contributed by atoms with van der Waals surface area (Å²) in [5.74, 6) is -1.12. The molecule has 1 amide bonds. The van der Waals surface area contributed by atoms with Gasteiger partial charge in [0.15, 0.2) is 0 Å². The topological polar surface area (TPSA) is 90.2 Å². The number of rotatable bonds is 5. The molecule has 6 heteroatoms. The third-order valence-corrected chi connectivity index (χ3v) is 2.05. The summed E-state index contributed by atoms with van der Waals surface area (Å²) in [6.45, 7) is 0. The Morgan fingerprint density at radius 3 is 2.47 bits per heavy atom. The van der Waals surface area contributed by atoms with E-state index in [1.165, 1.54) is 6.41 Å². The van der Waals surface area contributed by atoms with Gasteiger partial charge >= 0.3 is 5.97 Å². The first-order valence-corrected chi connectivity index (χ1v) is 4.52. The standard InChI is InChI=1S/C11H9N2O3.Fm/c12-6-9-3-1-8(2-4-9)5-10(11(15)16)13-7-14;/h1-4,10H,5H2,(H,13,14)(H,15,16);/q-1;. The van der Waals surface area contributed by atoms with E-state index in [2.05, 4.69) is 5.32 Å². The second-order valence-corrected chi connectivity index (χ2v) is 3.15. The predicted octanol–water partition coefficient (Wildman–Crippen LogP) is 0.211. The Hall–Kier alpha value is -3.35. The maximum atomic E-state index is 10.7. The summed E-state index contributed by atoms with van der Waals surface area (Å²) in [5.41, 5.74) is 1.24. The molecule has 5 nitrogen and oxygen atoms in total. The van der Waals surface area contributed by atoms with Crippen molar-refractivity contribution >= 4 is 12.4 Å². The fourth-order valence-electron chi connectivity index (χ4n) is 1.22. The van der Waals surface area contributed by atoms with Crippen LogP contribution in [0, 0.1) is 11.3 Å². The van der Waals surface area contributed by atoms with Gasteiger partial charge in [0.2, 0.25) is 0 Å². The monoisotopic (exact) mass is 474 g/mol. The Morgan fingerprint density at radius 2 is 2.06 bits per heavy atom. The normalized spacial score (nSPS) is 10.5. The Kier molecular flexibility index (Phi) is 4.97. The zero-order valence-corrected chi connectivity index (χ0v) is 11.0. The number of aliphatic carboxylic acids is 1. The Labute approximate surface area is 92.3 Å². The average Bonchev–Trinajstić information content (AvgIpc) is 2.29. The van der Waals surface area contributed by atoms with Crippen molar-refractivity contribution in [2.75, 3.05) is 0 Å². The number of carbonyl (C=O) groups excluding carboxylic acids is 1. The van der Waals surface area contributed by atoms with Gasteiger partial charge in [-0.2, -0.15) is 11.7 Å². The number of hydrogen-bond donors (Lipinski definition) is 2. The minimum atomic E-state index is -1.12. The molecule has 17 heavy (non-hydrogen) atoms. The molecule has 0 heterocycles. The van der Waals surface area contributed by atoms with Crippen LogP contribution in [0.15, 0.2) is 24.3 Å². The van der Waals surface area contributed by atoms with E-state index in [1.54, 1.807) is 24.3 Å². The molecule has 2 N–H and O–H groups in total. The molecule has 0 aliphatic rings. The van der Waals surface area contributed by atoms with Gasteiger partial charge in [-0.1, -0.05) is 12.1 Å². The molecule has 1 rings (SSSR count). The molecule has 1 aromatic rings. The van der Waals surface area contributed by atoms with Gasteiger partial charge in [0, 0.05) is 6.42 Å². The summed E-state index contributed by atoms with van der Waals surface area (Å²) in [6, 6.07) is 7.47. The molecule has 0 bridgehead atoms. The fraction of sp³-hybridized carbons (Fsp3) is 0.182. The molecule has 0 aromatic heterocycles. The third kappa shape index (κ3) is 3.72. The SMILES string of the molecule is N#Cc1ccc(CC(N[C-]=O)C(=O)O)cc1.[Fm].